The molecule has 2 nitrogen and oxygen atoms in total. The summed E-state index contributed by atoms with van der Waals surface area (Å²) in [6.45, 7) is 16.6. The number of nitrogens with two attached hydrogens (primary N) is 1. The molecule has 0 fully saturated rings. The van der Waals surface area contributed by atoms with Crippen molar-refractivity contribution in [2.45, 2.75) is 34.1 Å². The molecule has 0 aromatic rings. The molecule has 0 heterocycles. The third-order valence-corrected chi connectivity index (χ3v) is 2.89. The van der Waals surface area contributed by atoms with E-state index in [0.29, 0.717) is 0 Å². The normalized spacial score (nSPS) is 15.6. The van der Waals surface area contributed by atoms with Crippen molar-refractivity contribution in [3.05, 3.63) is 12.2 Å². The van der Waals surface area contributed by atoms with Gasteiger partial charge in [-0.15, -0.1) is 0 Å². The highest BCUT2D eigenvalue weighted by atomic mass is 15.1. The maximum atomic E-state index is 5.80. The summed E-state index contributed by atoms with van der Waals surface area (Å²) in [6.07, 6.45) is 1.14. The van der Waals surface area contributed by atoms with Crippen LogP contribution < -0.4 is 5.73 Å². The lowest BCUT2D eigenvalue weighted by Gasteiger charge is -2.33. The fourth-order valence-corrected chi connectivity index (χ4v) is 1.52. The van der Waals surface area contributed by atoms with E-state index in [1.165, 1.54) is 5.57 Å². The van der Waals surface area contributed by atoms with E-state index in [0.717, 1.165) is 32.6 Å². The molecule has 0 rings (SSSR count). The van der Waals surface area contributed by atoms with E-state index in [2.05, 4.69) is 39.2 Å². The predicted octanol–water partition coefficient (Wildman–Crippen LogP) is 2.26. The molecule has 2 N–H and O–H groups in total. The maximum Gasteiger partial charge on any atom is 0.0187 e. The number of nitrogens with zero attached hydrogens (tertiary/aromatic N) is 1. The van der Waals surface area contributed by atoms with Crippen LogP contribution in [0.2, 0.25) is 0 Å². The van der Waals surface area contributed by atoms with Gasteiger partial charge >= 0.3 is 0 Å². The molecule has 0 bridgehead atoms. The Bertz CT molecular complexity index is 171. The minimum Gasteiger partial charge on any atom is -0.330 e. The zero-order chi connectivity index (χ0) is 11.2. The standard InChI is InChI=1S/C12H26N2/c1-6-12(5,9-13)10-14(7-2)8-11(3)4/h3,6-10,13H2,1-2,4-5H3. The van der Waals surface area contributed by atoms with Crippen molar-refractivity contribution >= 4 is 0 Å². The molecule has 0 spiro atoms. The van der Waals surface area contributed by atoms with Crippen LogP contribution in [0, 0.1) is 5.41 Å². The molecular formula is C12H26N2. The van der Waals surface area contributed by atoms with E-state index in [4.69, 9.17) is 5.73 Å². The Kier molecular flexibility index (Phi) is 6.05. The van der Waals surface area contributed by atoms with Gasteiger partial charge in [0, 0.05) is 13.1 Å². The lowest BCUT2D eigenvalue weighted by Crippen LogP contribution is -2.40. The SMILES string of the molecule is C=C(C)CN(CC)CC(C)(CC)CN. The molecule has 1 atom stereocenters. The molecule has 84 valence electrons. The average Bonchev–Trinajstić information content (AvgIpc) is 2.16. The highest BCUT2D eigenvalue weighted by Crippen LogP contribution is 2.20. The third kappa shape index (κ3) is 4.77. The smallest absolute Gasteiger partial charge is 0.0187 e. The molecule has 0 amide bonds. The van der Waals surface area contributed by atoms with Crippen LogP contribution >= 0.6 is 0 Å². The first-order chi connectivity index (χ1) is 6.47. The average molecular weight is 198 g/mol. The van der Waals surface area contributed by atoms with Gasteiger partial charge in [-0.05, 0) is 31.8 Å². The Morgan fingerprint density at radius 3 is 2.29 bits per heavy atom. The van der Waals surface area contributed by atoms with Gasteiger partial charge in [-0.1, -0.05) is 32.9 Å². The van der Waals surface area contributed by atoms with Crippen LogP contribution in [0.15, 0.2) is 12.2 Å². The molecule has 0 aliphatic carbocycles. The van der Waals surface area contributed by atoms with Gasteiger partial charge in [0.05, 0.1) is 0 Å². The zero-order valence-electron chi connectivity index (χ0n) is 10.3. The van der Waals surface area contributed by atoms with Gasteiger partial charge in [0.2, 0.25) is 0 Å². The topological polar surface area (TPSA) is 29.3 Å². The lowest BCUT2D eigenvalue weighted by molar-refractivity contribution is 0.181. The summed E-state index contributed by atoms with van der Waals surface area (Å²) in [5, 5.41) is 0. The lowest BCUT2D eigenvalue weighted by atomic mass is 9.87. The van der Waals surface area contributed by atoms with Crippen molar-refractivity contribution < 1.29 is 0 Å². The molecule has 0 saturated heterocycles. The quantitative estimate of drug-likeness (QED) is 0.636. The van der Waals surface area contributed by atoms with Crippen molar-refractivity contribution in [3.63, 3.8) is 0 Å². The minimum absolute atomic E-state index is 0.255. The van der Waals surface area contributed by atoms with Gasteiger partial charge in [0.15, 0.2) is 0 Å². The van der Waals surface area contributed by atoms with Crippen molar-refractivity contribution in [1.82, 2.24) is 4.90 Å². The number of rotatable bonds is 7. The van der Waals surface area contributed by atoms with Gasteiger partial charge in [0.25, 0.3) is 0 Å². The van der Waals surface area contributed by atoms with Crippen LogP contribution in [0.1, 0.15) is 34.1 Å². The van der Waals surface area contributed by atoms with E-state index in [9.17, 15) is 0 Å². The van der Waals surface area contributed by atoms with Crippen molar-refractivity contribution in [1.29, 1.82) is 0 Å². The van der Waals surface area contributed by atoms with Crippen LogP contribution in [-0.4, -0.2) is 31.1 Å². The summed E-state index contributed by atoms with van der Waals surface area (Å²) in [6, 6.07) is 0. The summed E-state index contributed by atoms with van der Waals surface area (Å²) >= 11 is 0. The molecule has 0 aromatic carbocycles. The van der Waals surface area contributed by atoms with Crippen molar-refractivity contribution in [2.24, 2.45) is 11.1 Å². The highest BCUT2D eigenvalue weighted by Gasteiger charge is 2.22. The van der Waals surface area contributed by atoms with Gasteiger partial charge < -0.3 is 5.73 Å². The van der Waals surface area contributed by atoms with Crippen LogP contribution in [0.5, 0.6) is 0 Å². The van der Waals surface area contributed by atoms with Gasteiger partial charge in [-0.2, -0.15) is 0 Å². The van der Waals surface area contributed by atoms with Crippen LogP contribution in [-0.2, 0) is 0 Å². The van der Waals surface area contributed by atoms with Crippen LogP contribution in [0.25, 0.3) is 0 Å². The molecule has 0 saturated carbocycles. The Morgan fingerprint density at radius 2 is 2.00 bits per heavy atom. The third-order valence-electron chi connectivity index (χ3n) is 2.89. The van der Waals surface area contributed by atoms with E-state index >= 15 is 0 Å². The second-order valence-corrected chi connectivity index (χ2v) is 4.63. The molecule has 2 heteroatoms. The largest absolute Gasteiger partial charge is 0.330 e. The van der Waals surface area contributed by atoms with Crippen LogP contribution in [0.4, 0.5) is 0 Å². The first kappa shape index (κ1) is 13.7. The number of likely N-dealkylation sites (N-methyl/N-ethyl adjacent to an activating group) is 1. The summed E-state index contributed by atoms with van der Waals surface area (Å²) in [5.41, 5.74) is 7.28. The van der Waals surface area contributed by atoms with E-state index in [1.807, 2.05) is 0 Å². The monoisotopic (exact) mass is 198 g/mol. The Balaban J connectivity index is 4.21. The van der Waals surface area contributed by atoms with E-state index in [1.54, 1.807) is 0 Å². The van der Waals surface area contributed by atoms with Crippen LogP contribution in [0.3, 0.4) is 0 Å². The molecular weight excluding hydrogens is 172 g/mol. The van der Waals surface area contributed by atoms with Crippen molar-refractivity contribution in [3.8, 4) is 0 Å². The molecule has 0 aliphatic heterocycles. The van der Waals surface area contributed by atoms with Gasteiger partial charge in [-0.25, -0.2) is 0 Å². The van der Waals surface area contributed by atoms with Gasteiger partial charge in [-0.3, -0.25) is 4.90 Å². The molecule has 14 heavy (non-hydrogen) atoms. The second kappa shape index (κ2) is 6.20. The maximum absolute atomic E-state index is 5.80. The summed E-state index contributed by atoms with van der Waals surface area (Å²) in [4.78, 5) is 2.42. The summed E-state index contributed by atoms with van der Waals surface area (Å²) in [7, 11) is 0. The molecule has 0 aromatic heterocycles. The number of hydrogen-bond donors (Lipinski definition) is 1. The first-order valence-electron chi connectivity index (χ1n) is 5.54. The fourth-order valence-electron chi connectivity index (χ4n) is 1.52. The predicted molar refractivity (Wildman–Crippen MR) is 64.4 cm³/mol. The van der Waals surface area contributed by atoms with Crippen molar-refractivity contribution in [2.75, 3.05) is 26.2 Å². The Hall–Kier alpha value is -0.340. The minimum atomic E-state index is 0.255. The summed E-state index contributed by atoms with van der Waals surface area (Å²) < 4.78 is 0. The molecule has 0 radical (unpaired) electrons. The van der Waals surface area contributed by atoms with Gasteiger partial charge in [0.1, 0.15) is 0 Å². The Labute approximate surface area is 89.2 Å². The van der Waals surface area contributed by atoms with E-state index < -0.39 is 0 Å². The number of hydrogen-bond acceptors (Lipinski definition) is 2. The highest BCUT2D eigenvalue weighted by molar-refractivity contribution is 4.93. The Morgan fingerprint density at radius 1 is 1.43 bits per heavy atom. The summed E-state index contributed by atoms with van der Waals surface area (Å²) in [5.74, 6) is 0. The molecule has 1 unspecified atom stereocenters. The zero-order valence-corrected chi connectivity index (χ0v) is 10.3. The van der Waals surface area contributed by atoms with E-state index in [-0.39, 0.29) is 5.41 Å². The second-order valence-electron chi connectivity index (χ2n) is 4.63. The molecule has 0 aliphatic rings. The first-order valence-corrected chi connectivity index (χ1v) is 5.54. The fraction of sp³-hybridized carbons (Fsp3) is 0.833.